The van der Waals surface area contributed by atoms with Gasteiger partial charge in [-0.05, 0) is 61.2 Å². The molecule has 0 bridgehead atoms. The van der Waals surface area contributed by atoms with Crippen molar-refractivity contribution in [1.29, 1.82) is 0 Å². The summed E-state index contributed by atoms with van der Waals surface area (Å²) in [6.07, 6.45) is 2.32. The lowest BCUT2D eigenvalue weighted by Crippen LogP contribution is -2.39. The SMILES string of the molecule is COc1ccc(-c2noc(CC3CCN(C(=O)c4ccc(OC)c(F)c4)CC3)n2)cc1. The molecule has 0 N–H and O–H groups in total. The highest BCUT2D eigenvalue weighted by molar-refractivity contribution is 5.94. The summed E-state index contributed by atoms with van der Waals surface area (Å²) in [5.41, 5.74) is 1.20. The average Bonchev–Trinajstić information content (AvgIpc) is 3.27. The quantitative estimate of drug-likeness (QED) is 0.594. The Hall–Kier alpha value is -3.42. The second kappa shape index (κ2) is 9.16. The Bertz CT molecular complexity index is 1040. The average molecular weight is 425 g/mol. The Morgan fingerprint density at radius 1 is 1.13 bits per heavy atom. The molecule has 1 amide bonds. The van der Waals surface area contributed by atoms with Gasteiger partial charge in [0.15, 0.2) is 11.6 Å². The Labute approximate surface area is 179 Å². The lowest BCUT2D eigenvalue weighted by atomic mass is 9.93. The Morgan fingerprint density at radius 3 is 2.52 bits per heavy atom. The highest BCUT2D eigenvalue weighted by atomic mass is 19.1. The molecule has 0 aliphatic carbocycles. The van der Waals surface area contributed by atoms with Crippen LogP contribution in [0.5, 0.6) is 11.5 Å². The molecule has 7 nitrogen and oxygen atoms in total. The number of rotatable bonds is 6. The fourth-order valence-corrected chi connectivity index (χ4v) is 3.76. The lowest BCUT2D eigenvalue weighted by Gasteiger charge is -2.31. The van der Waals surface area contributed by atoms with Crippen molar-refractivity contribution in [2.75, 3.05) is 27.3 Å². The van der Waals surface area contributed by atoms with Gasteiger partial charge in [-0.25, -0.2) is 4.39 Å². The Balaban J connectivity index is 1.32. The second-order valence-corrected chi connectivity index (χ2v) is 7.53. The first-order valence-corrected chi connectivity index (χ1v) is 10.2. The summed E-state index contributed by atoms with van der Waals surface area (Å²) in [7, 11) is 3.02. The van der Waals surface area contributed by atoms with Crippen LogP contribution in [0.3, 0.4) is 0 Å². The van der Waals surface area contributed by atoms with Gasteiger partial charge in [0.05, 0.1) is 14.2 Å². The fourth-order valence-electron chi connectivity index (χ4n) is 3.76. The number of halogens is 1. The predicted molar refractivity (Wildman–Crippen MR) is 112 cm³/mol. The minimum Gasteiger partial charge on any atom is -0.497 e. The van der Waals surface area contributed by atoms with Crippen LogP contribution in [-0.4, -0.2) is 48.3 Å². The summed E-state index contributed by atoms with van der Waals surface area (Å²) in [4.78, 5) is 19.0. The second-order valence-electron chi connectivity index (χ2n) is 7.53. The van der Waals surface area contributed by atoms with Gasteiger partial charge in [0.1, 0.15) is 5.75 Å². The fraction of sp³-hybridized carbons (Fsp3) is 0.348. The van der Waals surface area contributed by atoms with Crippen molar-refractivity contribution >= 4 is 5.91 Å². The summed E-state index contributed by atoms with van der Waals surface area (Å²) in [6, 6.07) is 11.8. The lowest BCUT2D eigenvalue weighted by molar-refractivity contribution is 0.0687. The van der Waals surface area contributed by atoms with Gasteiger partial charge in [-0.1, -0.05) is 5.16 Å². The van der Waals surface area contributed by atoms with Crippen LogP contribution in [0.1, 0.15) is 29.1 Å². The number of aromatic nitrogens is 2. The summed E-state index contributed by atoms with van der Waals surface area (Å²) < 4.78 is 29.4. The van der Waals surface area contributed by atoms with Crippen molar-refractivity contribution in [3.8, 4) is 22.9 Å². The third-order valence-corrected chi connectivity index (χ3v) is 5.58. The van der Waals surface area contributed by atoms with Crippen LogP contribution in [0.25, 0.3) is 11.4 Å². The number of methoxy groups -OCH3 is 2. The molecule has 1 fully saturated rings. The number of piperidine rings is 1. The molecule has 1 saturated heterocycles. The maximum atomic E-state index is 13.9. The van der Waals surface area contributed by atoms with Gasteiger partial charge >= 0.3 is 0 Å². The standard InChI is InChI=1S/C23H24FN3O4/c1-29-18-6-3-16(4-7-18)22-25-21(31-26-22)13-15-9-11-27(12-10-15)23(28)17-5-8-20(30-2)19(24)14-17/h3-8,14-15H,9-13H2,1-2H3. The molecular formula is C23H24FN3O4. The van der Waals surface area contributed by atoms with Crippen LogP contribution in [-0.2, 0) is 6.42 Å². The first kappa shape index (κ1) is 20.8. The van der Waals surface area contributed by atoms with Crippen LogP contribution >= 0.6 is 0 Å². The number of carbonyl (C=O) groups excluding carboxylic acids is 1. The maximum absolute atomic E-state index is 13.9. The zero-order valence-corrected chi connectivity index (χ0v) is 17.5. The predicted octanol–water partition coefficient (Wildman–Crippen LogP) is 3.99. The molecule has 1 aliphatic rings. The molecule has 0 atom stereocenters. The first-order chi connectivity index (χ1) is 15.1. The Kier molecular flexibility index (Phi) is 6.16. The monoisotopic (exact) mass is 425 g/mol. The van der Waals surface area contributed by atoms with Gasteiger partial charge in [0.2, 0.25) is 11.7 Å². The third-order valence-electron chi connectivity index (χ3n) is 5.58. The highest BCUT2D eigenvalue weighted by Gasteiger charge is 2.26. The summed E-state index contributed by atoms with van der Waals surface area (Å²) in [5.74, 6) is 1.68. The van der Waals surface area contributed by atoms with E-state index in [1.807, 2.05) is 24.3 Å². The highest BCUT2D eigenvalue weighted by Crippen LogP contribution is 2.25. The van der Waals surface area contributed by atoms with Gasteiger partial charge in [0, 0.05) is 30.6 Å². The van der Waals surface area contributed by atoms with Crippen LogP contribution in [0.15, 0.2) is 47.0 Å². The third kappa shape index (κ3) is 4.68. The van der Waals surface area contributed by atoms with Crippen molar-refractivity contribution in [2.24, 2.45) is 5.92 Å². The van der Waals surface area contributed by atoms with Crippen molar-refractivity contribution in [1.82, 2.24) is 15.0 Å². The summed E-state index contributed by atoms with van der Waals surface area (Å²) >= 11 is 0. The number of nitrogens with zero attached hydrogens (tertiary/aromatic N) is 3. The van der Waals surface area contributed by atoms with Gasteiger partial charge in [-0.2, -0.15) is 4.98 Å². The minimum atomic E-state index is -0.535. The molecule has 0 saturated carbocycles. The zero-order valence-electron chi connectivity index (χ0n) is 17.5. The van der Waals surface area contributed by atoms with E-state index in [2.05, 4.69) is 10.1 Å². The number of ether oxygens (including phenoxy) is 2. The van der Waals surface area contributed by atoms with E-state index < -0.39 is 5.82 Å². The minimum absolute atomic E-state index is 0.129. The first-order valence-electron chi connectivity index (χ1n) is 10.2. The zero-order chi connectivity index (χ0) is 21.8. The molecule has 1 aromatic heterocycles. The maximum Gasteiger partial charge on any atom is 0.253 e. The molecule has 8 heteroatoms. The molecule has 4 rings (SSSR count). The van der Waals surface area contributed by atoms with E-state index in [-0.39, 0.29) is 11.7 Å². The number of hydrogen-bond acceptors (Lipinski definition) is 6. The molecule has 31 heavy (non-hydrogen) atoms. The largest absolute Gasteiger partial charge is 0.497 e. The van der Waals surface area contributed by atoms with Gasteiger partial charge in [-0.3, -0.25) is 4.79 Å². The van der Waals surface area contributed by atoms with Crippen molar-refractivity contribution in [3.05, 3.63) is 59.7 Å². The van der Waals surface area contributed by atoms with E-state index in [9.17, 15) is 9.18 Å². The van der Waals surface area contributed by atoms with Crippen molar-refractivity contribution < 1.29 is 23.2 Å². The van der Waals surface area contributed by atoms with Gasteiger partial charge in [0.25, 0.3) is 5.91 Å². The molecular weight excluding hydrogens is 401 g/mol. The number of amides is 1. The van der Waals surface area contributed by atoms with Crippen LogP contribution < -0.4 is 9.47 Å². The van der Waals surface area contributed by atoms with E-state index in [1.54, 1.807) is 18.1 Å². The molecule has 0 radical (unpaired) electrons. The Morgan fingerprint density at radius 2 is 1.87 bits per heavy atom. The number of benzene rings is 2. The van der Waals surface area contributed by atoms with E-state index in [1.165, 1.54) is 19.2 Å². The molecule has 0 unspecified atom stereocenters. The topological polar surface area (TPSA) is 77.7 Å². The van der Waals surface area contributed by atoms with Crippen LogP contribution in [0, 0.1) is 11.7 Å². The van der Waals surface area contributed by atoms with E-state index >= 15 is 0 Å². The van der Waals surface area contributed by atoms with Gasteiger partial charge in [-0.15, -0.1) is 0 Å². The van der Waals surface area contributed by atoms with E-state index in [0.717, 1.165) is 24.2 Å². The summed E-state index contributed by atoms with van der Waals surface area (Å²) in [6.45, 7) is 1.22. The van der Waals surface area contributed by atoms with Crippen molar-refractivity contribution in [3.63, 3.8) is 0 Å². The van der Waals surface area contributed by atoms with E-state index in [4.69, 9.17) is 14.0 Å². The molecule has 1 aliphatic heterocycles. The number of carbonyl (C=O) groups is 1. The number of likely N-dealkylation sites (tertiary alicyclic amines) is 1. The van der Waals surface area contributed by atoms with Crippen LogP contribution in [0.4, 0.5) is 4.39 Å². The normalized spacial score (nSPS) is 14.5. The van der Waals surface area contributed by atoms with Gasteiger partial charge < -0.3 is 18.9 Å². The van der Waals surface area contributed by atoms with Crippen LogP contribution in [0.2, 0.25) is 0 Å². The summed E-state index contributed by atoms with van der Waals surface area (Å²) in [5, 5.41) is 4.08. The number of hydrogen-bond donors (Lipinski definition) is 0. The van der Waals surface area contributed by atoms with E-state index in [0.29, 0.717) is 42.7 Å². The molecule has 0 spiro atoms. The van der Waals surface area contributed by atoms with Crippen molar-refractivity contribution in [2.45, 2.75) is 19.3 Å². The smallest absolute Gasteiger partial charge is 0.253 e. The molecule has 162 valence electrons. The molecule has 3 aromatic rings. The molecule has 2 aromatic carbocycles. The molecule has 2 heterocycles.